The summed E-state index contributed by atoms with van der Waals surface area (Å²) in [6, 6.07) is 2.07. The Hall–Kier alpha value is -1.62. The summed E-state index contributed by atoms with van der Waals surface area (Å²) in [7, 11) is 1.59. The fourth-order valence-corrected chi connectivity index (χ4v) is 1.76. The van der Waals surface area contributed by atoms with Crippen LogP contribution >= 0.6 is 11.3 Å². The van der Waals surface area contributed by atoms with Gasteiger partial charge in [-0.15, -0.1) is 0 Å². The number of nitrogens with zero attached hydrogens (tertiary/aromatic N) is 2. The maximum absolute atomic E-state index is 4.97. The molecule has 0 unspecified atom stereocenters. The summed E-state index contributed by atoms with van der Waals surface area (Å²) in [4.78, 5) is 8.21. The second kappa shape index (κ2) is 4.75. The molecule has 0 spiro atoms. The second-order valence-corrected chi connectivity index (χ2v) is 3.71. The van der Waals surface area contributed by atoms with E-state index in [2.05, 4.69) is 26.7 Å². The SMILES string of the molecule is COc1cnc(NCc2ccsc2)nc1. The summed E-state index contributed by atoms with van der Waals surface area (Å²) >= 11 is 1.68. The van der Waals surface area contributed by atoms with Gasteiger partial charge in [0.1, 0.15) is 0 Å². The zero-order valence-corrected chi connectivity index (χ0v) is 9.12. The number of hydrogen-bond donors (Lipinski definition) is 1. The third kappa shape index (κ3) is 2.66. The van der Waals surface area contributed by atoms with Crippen molar-refractivity contribution in [1.29, 1.82) is 0 Å². The molecule has 2 aromatic heterocycles. The van der Waals surface area contributed by atoms with Crippen molar-refractivity contribution >= 4 is 17.3 Å². The molecular weight excluding hydrogens is 210 g/mol. The number of hydrogen-bond acceptors (Lipinski definition) is 5. The van der Waals surface area contributed by atoms with Gasteiger partial charge in [0.2, 0.25) is 5.95 Å². The smallest absolute Gasteiger partial charge is 0.223 e. The molecule has 0 fully saturated rings. The van der Waals surface area contributed by atoms with E-state index in [1.54, 1.807) is 30.8 Å². The van der Waals surface area contributed by atoms with Gasteiger partial charge in [-0.05, 0) is 22.4 Å². The molecule has 2 rings (SSSR count). The van der Waals surface area contributed by atoms with Crippen LogP contribution in [-0.4, -0.2) is 17.1 Å². The normalized spacial score (nSPS) is 9.93. The predicted octanol–water partition coefficient (Wildman–Crippen LogP) is 2.16. The van der Waals surface area contributed by atoms with E-state index in [1.807, 2.05) is 5.38 Å². The summed E-state index contributed by atoms with van der Waals surface area (Å²) < 4.78 is 4.97. The lowest BCUT2D eigenvalue weighted by atomic mass is 10.3. The minimum atomic E-state index is 0.613. The minimum Gasteiger partial charge on any atom is -0.494 e. The van der Waals surface area contributed by atoms with Crippen LogP contribution in [0.15, 0.2) is 29.2 Å². The molecular formula is C10H11N3OS. The summed E-state index contributed by atoms with van der Waals surface area (Å²) in [5.74, 6) is 1.28. The molecule has 0 atom stereocenters. The van der Waals surface area contributed by atoms with Gasteiger partial charge < -0.3 is 10.1 Å². The second-order valence-electron chi connectivity index (χ2n) is 2.93. The monoisotopic (exact) mass is 221 g/mol. The van der Waals surface area contributed by atoms with Crippen LogP contribution in [0.1, 0.15) is 5.56 Å². The van der Waals surface area contributed by atoms with Crippen molar-refractivity contribution in [1.82, 2.24) is 9.97 Å². The van der Waals surface area contributed by atoms with Gasteiger partial charge in [0.05, 0.1) is 19.5 Å². The highest BCUT2D eigenvalue weighted by molar-refractivity contribution is 7.07. The van der Waals surface area contributed by atoms with Gasteiger partial charge in [0, 0.05) is 6.54 Å². The number of methoxy groups -OCH3 is 1. The number of rotatable bonds is 4. The van der Waals surface area contributed by atoms with Gasteiger partial charge in [-0.3, -0.25) is 0 Å². The highest BCUT2D eigenvalue weighted by Gasteiger charge is 1.97. The van der Waals surface area contributed by atoms with Crippen molar-refractivity contribution in [3.63, 3.8) is 0 Å². The Kier molecular flexibility index (Phi) is 3.14. The first-order valence-electron chi connectivity index (χ1n) is 4.49. The van der Waals surface area contributed by atoms with E-state index in [0.29, 0.717) is 11.7 Å². The zero-order valence-electron chi connectivity index (χ0n) is 8.30. The Balaban J connectivity index is 1.93. The van der Waals surface area contributed by atoms with Crippen LogP contribution in [0.25, 0.3) is 0 Å². The standard InChI is InChI=1S/C10H11N3OS/c1-14-9-5-12-10(13-6-9)11-4-8-2-3-15-7-8/h2-3,5-7H,4H2,1H3,(H,11,12,13). The number of aromatic nitrogens is 2. The van der Waals surface area contributed by atoms with Crippen molar-refractivity contribution in [3.05, 3.63) is 34.8 Å². The molecule has 0 saturated heterocycles. The van der Waals surface area contributed by atoms with E-state index in [-0.39, 0.29) is 0 Å². The Bertz CT molecular complexity index is 399. The average molecular weight is 221 g/mol. The van der Waals surface area contributed by atoms with Gasteiger partial charge in [0.25, 0.3) is 0 Å². The lowest BCUT2D eigenvalue weighted by molar-refractivity contribution is 0.411. The molecule has 0 saturated carbocycles. The first kappa shape index (κ1) is 9.92. The highest BCUT2D eigenvalue weighted by Crippen LogP contribution is 2.10. The highest BCUT2D eigenvalue weighted by atomic mass is 32.1. The fourth-order valence-electron chi connectivity index (χ4n) is 1.09. The number of thiophene rings is 1. The molecule has 0 aliphatic carbocycles. The predicted molar refractivity (Wildman–Crippen MR) is 60.2 cm³/mol. The Morgan fingerprint density at radius 3 is 2.80 bits per heavy atom. The largest absolute Gasteiger partial charge is 0.494 e. The third-order valence-corrected chi connectivity index (χ3v) is 2.63. The van der Waals surface area contributed by atoms with E-state index in [4.69, 9.17) is 4.74 Å². The summed E-state index contributed by atoms with van der Waals surface area (Å²) in [6.45, 7) is 0.746. The molecule has 2 aromatic rings. The molecule has 0 aliphatic heterocycles. The average Bonchev–Trinajstić information content (AvgIpc) is 2.80. The van der Waals surface area contributed by atoms with Gasteiger partial charge in [-0.1, -0.05) is 0 Å². The van der Waals surface area contributed by atoms with Crippen LogP contribution in [0.3, 0.4) is 0 Å². The lowest BCUT2D eigenvalue weighted by Crippen LogP contribution is -2.02. The van der Waals surface area contributed by atoms with Crippen LogP contribution in [0.4, 0.5) is 5.95 Å². The molecule has 2 heterocycles. The number of ether oxygens (including phenoxy) is 1. The molecule has 5 heteroatoms. The van der Waals surface area contributed by atoms with Gasteiger partial charge in [0.15, 0.2) is 5.75 Å². The van der Waals surface area contributed by atoms with Crippen molar-refractivity contribution in [2.24, 2.45) is 0 Å². The van der Waals surface area contributed by atoms with Crippen molar-refractivity contribution in [2.45, 2.75) is 6.54 Å². The third-order valence-electron chi connectivity index (χ3n) is 1.89. The maximum Gasteiger partial charge on any atom is 0.223 e. The summed E-state index contributed by atoms with van der Waals surface area (Å²) in [6.07, 6.45) is 3.28. The first-order chi connectivity index (χ1) is 7.38. The van der Waals surface area contributed by atoms with Crippen molar-refractivity contribution in [3.8, 4) is 5.75 Å². The molecule has 15 heavy (non-hydrogen) atoms. The van der Waals surface area contributed by atoms with E-state index < -0.39 is 0 Å². The van der Waals surface area contributed by atoms with Crippen molar-refractivity contribution < 1.29 is 4.74 Å². The summed E-state index contributed by atoms with van der Waals surface area (Å²) in [5, 5.41) is 7.27. The van der Waals surface area contributed by atoms with E-state index in [0.717, 1.165) is 6.54 Å². The first-order valence-corrected chi connectivity index (χ1v) is 5.44. The zero-order chi connectivity index (χ0) is 10.5. The van der Waals surface area contributed by atoms with E-state index in [9.17, 15) is 0 Å². The molecule has 78 valence electrons. The Labute approximate surface area is 92.0 Å². The van der Waals surface area contributed by atoms with Crippen molar-refractivity contribution in [2.75, 3.05) is 12.4 Å². The van der Waals surface area contributed by atoms with Gasteiger partial charge >= 0.3 is 0 Å². The van der Waals surface area contributed by atoms with Crippen LogP contribution in [0.5, 0.6) is 5.75 Å². The topological polar surface area (TPSA) is 47.0 Å². The molecule has 0 amide bonds. The summed E-state index contributed by atoms with van der Waals surface area (Å²) in [5.41, 5.74) is 1.24. The minimum absolute atomic E-state index is 0.613. The van der Waals surface area contributed by atoms with Crippen LogP contribution in [0.2, 0.25) is 0 Å². The quantitative estimate of drug-likeness (QED) is 0.859. The lowest BCUT2D eigenvalue weighted by Gasteiger charge is -2.03. The Morgan fingerprint density at radius 1 is 1.40 bits per heavy atom. The number of nitrogens with one attached hydrogen (secondary N) is 1. The molecule has 4 nitrogen and oxygen atoms in total. The molecule has 0 radical (unpaired) electrons. The number of anilines is 1. The maximum atomic E-state index is 4.97. The van der Waals surface area contributed by atoms with E-state index >= 15 is 0 Å². The molecule has 0 aliphatic rings. The Morgan fingerprint density at radius 2 is 2.20 bits per heavy atom. The van der Waals surface area contributed by atoms with Crippen LogP contribution in [-0.2, 0) is 6.54 Å². The van der Waals surface area contributed by atoms with E-state index in [1.165, 1.54) is 5.56 Å². The van der Waals surface area contributed by atoms with Gasteiger partial charge in [-0.25, -0.2) is 9.97 Å². The molecule has 0 bridgehead atoms. The fraction of sp³-hybridized carbons (Fsp3) is 0.200. The molecule has 0 aromatic carbocycles. The van der Waals surface area contributed by atoms with Gasteiger partial charge in [-0.2, -0.15) is 11.3 Å². The van der Waals surface area contributed by atoms with Crippen LogP contribution < -0.4 is 10.1 Å². The van der Waals surface area contributed by atoms with Crippen LogP contribution in [0, 0.1) is 0 Å². The molecule has 1 N–H and O–H groups in total.